The zero-order valence-electron chi connectivity index (χ0n) is 12.8. The normalized spacial score (nSPS) is 9.82. The van der Waals surface area contributed by atoms with Gasteiger partial charge in [0.15, 0.2) is 0 Å². The summed E-state index contributed by atoms with van der Waals surface area (Å²) in [6, 6.07) is 11.5. The third-order valence-corrected chi connectivity index (χ3v) is 3.19. The Labute approximate surface area is 131 Å². The summed E-state index contributed by atoms with van der Waals surface area (Å²) in [7, 11) is 1.70. The lowest BCUT2D eigenvalue weighted by atomic mass is 10.1. The van der Waals surface area contributed by atoms with E-state index in [1.54, 1.807) is 24.1 Å². The Balaban J connectivity index is 2.69. The van der Waals surface area contributed by atoms with Crippen LogP contribution in [-0.4, -0.2) is 42.4 Å². The topological polar surface area (TPSA) is 71.1 Å². The molecule has 1 aromatic rings. The van der Waals surface area contributed by atoms with Crippen LogP contribution in [0.5, 0.6) is 0 Å². The van der Waals surface area contributed by atoms with E-state index in [4.69, 9.17) is 10.5 Å². The van der Waals surface area contributed by atoms with E-state index in [-0.39, 0.29) is 12.5 Å². The predicted molar refractivity (Wildman–Crippen MR) is 84.5 cm³/mol. The molecular weight excluding hydrogens is 276 g/mol. The van der Waals surface area contributed by atoms with Crippen LogP contribution in [0.4, 0.5) is 0 Å². The molecule has 5 nitrogen and oxygen atoms in total. The fraction of sp³-hybridized carbons (Fsp3) is 0.353. The maximum atomic E-state index is 12.1. The molecule has 0 saturated heterocycles. The molecule has 22 heavy (non-hydrogen) atoms. The van der Waals surface area contributed by atoms with Gasteiger partial charge in [-0.3, -0.25) is 9.69 Å². The summed E-state index contributed by atoms with van der Waals surface area (Å²) in [5, 5.41) is 17.5. The summed E-state index contributed by atoms with van der Waals surface area (Å²) in [4.78, 5) is 15.6. The Morgan fingerprint density at radius 3 is 2.82 bits per heavy atom. The summed E-state index contributed by atoms with van der Waals surface area (Å²) in [6.07, 6.45) is 2.07. The highest BCUT2D eigenvalue weighted by atomic mass is 16.2. The van der Waals surface area contributed by atoms with Crippen molar-refractivity contribution in [3.63, 3.8) is 0 Å². The zero-order chi connectivity index (χ0) is 16.4. The van der Waals surface area contributed by atoms with Crippen LogP contribution >= 0.6 is 0 Å². The largest absolute Gasteiger partial charge is 0.344 e. The summed E-state index contributed by atoms with van der Waals surface area (Å²) in [6.45, 7) is 5.55. The first-order valence-electron chi connectivity index (χ1n) is 7.04. The average Bonchev–Trinajstić information content (AvgIpc) is 2.52. The third-order valence-electron chi connectivity index (χ3n) is 3.19. The van der Waals surface area contributed by atoms with Gasteiger partial charge in [-0.05, 0) is 17.7 Å². The van der Waals surface area contributed by atoms with Gasteiger partial charge in [-0.2, -0.15) is 10.5 Å². The van der Waals surface area contributed by atoms with Gasteiger partial charge in [-0.25, -0.2) is 0 Å². The highest BCUT2D eigenvalue weighted by Crippen LogP contribution is 2.08. The van der Waals surface area contributed by atoms with E-state index in [0.717, 1.165) is 5.56 Å². The van der Waals surface area contributed by atoms with Crippen LogP contribution in [-0.2, 0) is 11.3 Å². The molecule has 0 aromatic heterocycles. The van der Waals surface area contributed by atoms with Gasteiger partial charge in [-0.15, -0.1) is 6.58 Å². The molecule has 0 atom stereocenters. The minimum atomic E-state index is -0.0338. The van der Waals surface area contributed by atoms with E-state index in [0.29, 0.717) is 31.6 Å². The molecule has 0 bridgehead atoms. The molecular formula is C17H20N4O. The molecule has 0 saturated carbocycles. The van der Waals surface area contributed by atoms with E-state index < -0.39 is 0 Å². The molecule has 0 aliphatic heterocycles. The number of likely N-dealkylation sites (N-methyl/N-ethyl adjacent to an activating group) is 1. The lowest BCUT2D eigenvalue weighted by Gasteiger charge is -2.23. The number of rotatable bonds is 8. The molecule has 0 aliphatic carbocycles. The summed E-state index contributed by atoms with van der Waals surface area (Å²) in [5.41, 5.74) is 1.59. The lowest BCUT2D eigenvalue weighted by molar-refractivity contribution is -0.131. The number of nitriles is 2. The maximum Gasteiger partial charge on any atom is 0.236 e. The second-order valence-corrected chi connectivity index (χ2v) is 4.99. The van der Waals surface area contributed by atoms with Crippen LogP contribution in [0.15, 0.2) is 36.9 Å². The van der Waals surface area contributed by atoms with E-state index >= 15 is 0 Å². The van der Waals surface area contributed by atoms with Gasteiger partial charge in [0.1, 0.15) is 0 Å². The van der Waals surface area contributed by atoms with Crippen molar-refractivity contribution in [2.24, 2.45) is 0 Å². The first-order chi connectivity index (χ1) is 10.6. The van der Waals surface area contributed by atoms with Gasteiger partial charge in [0.25, 0.3) is 0 Å². The molecule has 0 unspecified atom stereocenters. The third kappa shape index (κ3) is 5.78. The fourth-order valence-electron chi connectivity index (χ4n) is 2.02. The van der Waals surface area contributed by atoms with Crippen LogP contribution in [0.2, 0.25) is 0 Å². The van der Waals surface area contributed by atoms with Crippen LogP contribution in [0, 0.1) is 22.7 Å². The predicted octanol–water partition coefficient (Wildman–Crippen LogP) is 1.92. The quantitative estimate of drug-likeness (QED) is 0.687. The molecule has 0 aliphatic rings. The lowest BCUT2D eigenvalue weighted by Crippen LogP contribution is -2.38. The van der Waals surface area contributed by atoms with Crippen molar-refractivity contribution in [3.8, 4) is 12.1 Å². The summed E-state index contributed by atoms with van der Waals surface area (Å²) >= 11 is 0. The van der Waals surface area contributed by atoms with Crippen molar-refractivity contribution >= 4 is 5.91 Å². The standard InChI is InChI=1S/C17H20N4O/c1-3-9-21(14-17(22)20(2)10-5-8-18)13-16-7-4-6-15(11-16)12-19/h3-4,6-7,11H,1,5,9-10,13-14H2,2H3. The number of benzene rings is 1. The smallest absolute Gasteiger partial charge is 0.236 e. The van der Waals surface area contributed by atoms with Crippen LogP contribution < -0.4 is 0 Å². The molecule has 0 spiro atoms. The van der Waals surface area contributed by atoms with Crippen molar-refractivity contribution in [1.82, 2.24) is 9.80 Å². The minimum Gasteiger partial charge on any atom is -0.344 e. The molecule has 114 valence electrons. The number of hydrogen-bond donors (Lipinski definition) is 0. The molecule has 0 heterocycles. The molecule has 1 amide bonds. The van der Waals surface area contributed by atoms with Crippen molar-refractivity contribution in [1.29, 1.82) is 10.5 Å². The van der Waals surface area contributed by atoms with Gasteiger partial charge in [0.05, 0.1) is 30.7 Å². The number of amides is 1. The van der Waals surface area contributed by atoms with Crippen LogP contribution in [0.25, 0.3) is 0 Å². The highest BCUT2D eigenvalue weighted by molar-refractivity contribution is 5.78. The minimum absolute atomic E-state index is 0.0338. The van der Waals surface area contributed by atoms with Crippen LogP contribution in [0.3, 0.4) is 0 Å². The molecule has 1 rings (SSSR count). The Hall–Kier alpha value is -2.63. The fourth-order valence-corrected chi connectivity index (χ4v) is 2.02. The van der Waals surface area contributed by atoms with Crippen molar-refractivity contribution < 1.29 is 4.79 Å². The van der Waals surface area contributed by atoms with Gasteiger partial charge < -0.3 is 4.90 Å². The maximum absolute atomic E-state index is 12.1. The monoisotopic (exact) mass is 296 g/mol. The van der Waals surface area contributed by atoms with E-state index in [9.17, 15) is 4.79 Å². The highest BCUT2D eigenvalue weighted by Gasteiger charge is 2.14. The van der Waals surface area contributed by atoms with E-state index in [1.165, 1.54) is 0 Å². The first-order valence-corrected chi connectivity index (χ1v) is 7.04. The SMILES string of the molecule is C=CCN(CC(=O)N(C)CCC#N)Cc1cccc(C#N)c1. The number of carbonyl (C=O) groups excluding carboxylic acids is 1. The Morgan fingerprint density at radius 2 is 2.18 bits per heavy atom. The van der Waals surface area contributed by atoms with Crippen molar-refractivity contribution in [2.75, 3.05) is 26.7 Å². The summed E-state index contributed by atoms with van der Waals surface area (Å²) < 4.78 is 0. The second kappa shape index (κ2) is 9.33. The van der Waals surface area contributed by atoms with Crippen molar-refractivity contribution in [3.05, 3.63) is 48.0 Å². The van der Waals surface area contributed by atoms with Gasteiger partial charge >= 0.3 is 0 Å². The molecule has 0 radical (unpaired) electrons. The average molecular weight is 296 g/mol. The zero-order valence-corrected chi connectivity index (χ0v) is 12.8. The van der Waals surface area contributed by atoms with Gasteiger partial charge in [0.2, 0.25) is 5.91 Å². The first kappa shape index (κ1) is 17.4. The number of carbonyl (C=O) groups is 1. The Morgan fingerprint density at radius 1 is 1.41 bits per heavy atom. The second-order valence-electron chi connectivity index (χ2n) is 4.99. The van der Waals surface area contributed by atoms with Gasteiger partial charge in [-0.1, -0.05) is 18.2 Å². The summed E-state index contributed by atoms with van der Waals surface area (Å²) in [5.74, 6) is -0.0338. The van der Waals surface area contributed by atoms with Crippen LogP contribution in [0.1, 0.15) is 17.5 Å². The van der Waals surface area contributed by atoms with E-state index in [2.05, 4.69) is 12.6 Å². The Bertz CT molecular complexity index is 597. The number of nitrogens with zero attached hydrogens (tertiary/aromatic N) is 4. The van der Waals surface area contributed by atoms with Gasteiger partial charge in [0, 0.05) is 26.7 Å². The number of hydrogen-bond acceptors (Lipinski definition) is 4. The molecule has 1 aromatic carbocycles. The molecule has 5 heteroatoms. The van der Waals surface area contributed by atoms with E-state index in [1.807, 2.05) is 29.2 Å². The Kier molecular flexibility index (Phi) is 7.39. The molecule has 0 N–H and O–H groups in total. The van der Waals surface area contributed by atoms with Crippen molar-refractivity contribution in [2.45, 2.75) is 13.0 Å². The molecule has 0 fully saturated rings.